The van der Waals surface area contributed by atoms with E-state index in [9.17, 15) is 0 Å². The quantitative estimate of drug-likeness (QED) is 0.484. The topological polar surface area (TPSA) is 12.4 Å². The van der Waals surface area contributed by atoms with E-state index in [-0.39, 0.29) is 0 Å². The zero-order valence-electron chi connectivity index (χ0n) is 6.16. The summed E-state index contributed by atoms with van der Waals surface area (Å²) in [6.45, 7) is 0. The lowest BCUT2D eigenvalue weighted by molar-refractivity contribution is 0.782. The first kappa shape index (κ1) is 7.26. The minimum atomic E-state index is 1.12. The summed E-state index contributed by atoms with van der Waals surface area (Å²) in [6, 6.07) is 0. The minimum absolute atomic E-state index is 1.12. The van der Waals surface area contributed by atoms with Crippen molar-refractivity contribution >= 4 is 6.21 Å². The lowest BCUT2D eigenvalue weighted by Gasteiger charge is -1.92. The van der Waals surface area contributed by atoms with Gasteiger partial charge < -0.3 is 0 Å². The van der Waals surface area contributed by atoms with Crippen LogP contribution in [0.4, 0.5) is 0 Å². The van der Waals surface area contributed by atoms with Crippen molar-refractivity contribution in [3.8, 4) is 0 Å². The number of hydrogen-bond acceptors (Lipinski definition) is 1. The van der Waals surface area contributed by atoms with Crippen molar-refractivity contribution < 1.29 is 0 Å². The van der Waals surface area contributed by atoms with Crippen LogP contribution in [0, 0.1) is 0 Å². The lowest BCUT2D eigenvalue weighted by Crippen LogP contribution is -1.77. The van der Waals surface area contributed by atoms with E-state index in [0.29, 0.717) is 0 Å². The highest BCUT2D eigenvalue weighted by atomic mass is 14.7. The summed E-state index contributed by atoms with van der Waals surface area (Å²) in [5.74, 6) is 0. The van der Waals surface area contributed by atoms with Gasteiger partial charge in [0, 0.05) is 12.4 Å². The zero-order valence-corrected chi connectivity index (χ0v) is 6.16. The average Bonchev–Trinajstić information content (AvgIpc) is 2.01. The van der Waals surface area contributed by atoms with Crippen LogP contribution in [-0.2, 0) is 0 Å². The summed E-state index contributed by atoms with van der Waals surface area (Å²) in [5.41, 5.74) is 0. The van der Waals surface area contributed by atoms with Gasteiger partial charge >= 0.3 is 0 Å². The van der Waals surface area contributed by atoms with E-state index in [1.54, 1.807) is 0 Å². The average molecular weight is 135 g/mol. The van der Waals surface area contributed by atoms with Crippen LogP contribution in [0.15, 0.2) is 29.4 Å². The van der Waals surface area contributed by atoms with Crippen molar-refractivity contribution in [2.75, 3.05) is 0 Å². The van der Waals surface area contributed by atoms with Gasteiger partial charge in [0.25, 0.3) is 0 Å². The fourth-order valence-electron chi connectivity index (χ4n) is 0.907. The molecule has 0 fully saturated rings. The molecule has 1 heterocycles. The van der Waals surface area contributed by atoms with Crippen molar-refractivity contribution in [1.29, 1.82) is 0 Å². The van der Waals surface area contributed by atoms with Gasteiger partial charge in [0.1, 0.15) is 0 Å². The van der Waals surface area contributed by atoms with E-state index in [2.05, 4.69) is 17.1 Å². The Morgan fingerprint density at radius 2 is 1.90 bits per heavy atom. The Morgan fingerprint density at radius 1 is 1.00 bits per heavy atom. The molecule has 0 unspecified atom stereocenters. The Labute approximate surface area is 62.2 Å². The van der Waals surface area contributed by atoms with Crippen LogP contribution in [0.25, 0.3) is 0 Å². The van der Waals surface area contributed by atoms with Gasteiger partial charge in [-0.15, -0.1) is 0 Å². The molecule has 54 valence electrons. The maximum atomic E-state index is 4.08. The van der Waals surface area contributed by atoms with Crippen molar-refractivity contribution in [3.05, 3.63) is 24.4 Å². The Hall–Kier alpha value is -0.850. The van der Waals surface area contributed by atoms with Crippen molar-refractivity contribution in [1.82, 2.24) is 0 Å². The molecule has 0 saturated heterocycles. The summed E-state index contributed by atoms with van der Waals surface area (Å²) in [4.78, 5) is 4.08. The molecule has 0 amide bonds. The number of rotatable bonds is 0. The van der Waals surface area contributed by atoms with Gasteiger partial charge in [-0.05, 0) is 31.8 Å². The molecular formula is C9H13N. The largest absolute Gasteiger partial charge is 0.269 e. The molecule has 1 nitrogen and oxygen atoms in total. The Kier molecular flexibility index (Phi) is 3.61. The highest BCUT2D eigenvalue weighted by Gasteiger charge is 1.83. The molecular weight excluding hydrogens is 122 g/mol. The fourth-order valence-corrected chi connectivity index (χ4v) is 0.907. The molecule has 0 aromatic heterocycles. The third kappa shape index (κ3) is 3.23. The summed E-state index contributed by atoms with van der Waals surface area (Å²) < 4.78 is 0. The molecule has 1 aliphatic rings. The van der Waals surface area contributed by atoms with E-state index < -0.39 is 0 Å². The standard InChI is InChI=1S/C9H13N/c1-2-4-6-8-10-9-7-5-3-1/h2,4,6,8-9H,1,3,5,7H2/b4-2+,8-6-,10-9+. The van der Waals surface area contributed by atoms with E-state index >= 15 is 0 Å². The Balaban J connectivity index is 2.40. The molecule has 0 aromatic carbocycles. The first-order valence-electron chi connectivity index (χ1n) is 3.83. The van der Waals surface area contributed by atoms with E-state index in [1.165, 1.54) is 19.3 Å². The van der Waals surface area contributed by atoms with Gasteiger partial charge in [-0.1, -0.05) is 12.2 Å². The van der Waals surface area contributed by atoms with Gasteiger partial charge in [0.05, 0.1) is 0 Å². The van der Waals surface area contributed by atoms with Crippen LogP contribution in [0.3, 0.4) is 0 Å². The summed E-state index contributed by atoms with van der Waals surface area (Å²) in [5, 5.41) is 0. The Bertz CT molecular complexity index is 136. The second-order valence-corrected chi connectivity index (χ2v) is 2.39. The predicted molar refractivity (Wildman–Crippen MR) is 45.2 cm³/mol. The van der Waals surface area contributed by atoms with Crippen LogP contribution < -0.4 is 0 Å². The molecule has 0 saturated carbocycles. The zero-order chi connectivity index (χ0) is 7.07. The molecule has 1 heteroatoms. The minimum Gasteiger partial charge on any atom is -0.269 e. The second kappa shape index (κ2) is 4.98. The predicted octanol–water partition coefficient (Wildman–Crippen LogP) is 2.70. The first-order chi connectivity index (χ1) is 5.00. The molecule has 0 aliphatic carbocycles. The highest BCUT2D eigenvalue weighted by molar-refractivity contribution is 5.57. The summed E-state index contributed by atoms with van der Waals surface area (Å²) >= 11 is 0. The molecule has 0 spiro atoms. The van der Waals surface area contributed by atoms with Crippen LogP contribution in [0.1, 0.15) is 25.7 Å². The maximum Gasteiger partial charge on any atom is 0.0263 e. The maximum absolute atomic E-state index is 4.08. The van der Waals surface area contributed by atoms with Gasteiger partial charge in [-0.3, -0.25) is 4.99 Å². The highest BCUT2D eigenvalue weighted by Crippen LogP contribution is 2.00. The van der Waals surface area contributed by atoms with Gasteiger partial charge in [-0.2, -0.15) is 0 Å². The molecule has 1 rings (SSSR count). The third-order valence-corrected chi connectivity index (χ3v) is 1.48. The number of allylic oxidation sites excluding steroid dienone is 3. The van der Waals surface area contributed by atoms with Gasteiger partial charge in [0.2, 0.25) is 0 Å². The smallest absolute Gasteiger partial charge is 0.0263 e. The summed E-state index contributed by atoms with van der Waals surface area (Å²) in [7, 11) is 0. The normalized spacial score (nSPS) is 28.8. The van der Waals surface area contributed by atoms with E-state index in [0.717, 1.165) is 6.42 Å². The lowest BCUT2D eigenvalue weighted by atomic mass is 10.2. The van der Waals surface area contributed by atoms with Gasteiger partial charge in [-0.25, -0.2) is 0 Å². The number of nitrogens with zero attached hydrogens (tertiary/aromatic N) is 1. The monoisotopic (exact) mass is 135 g/mol. The first-order valence-corrected chi connectivity index (χ1v) is 3.83. The SMILES string of the molecule is C1=C\N=C\CCCC/C=C/1. The number of aliphatic imine (C=N–C) groups is 1. The number of hydrogen-bond donors (Lipinski definition) is 0. The van der Waals surface area contributed by atoms with E-state index in [4.69, 9.17) is 0 Å². The molecule has 1 aliphatic heterocycles. The van der Waals surface area contributed by atoms with Crippen LogP contribution in [0.5, 0.6) is 0 Å². The van der Waals surface area contributed by atoms with Crippen LogP contribution >= 0.6 is 0 Å². The van der Waals surface area contributed by atoms with Crippen molar-refractivity contribution in [2.24, 2.45) is 4.99 Å². The molecule has 0 bridgehead atoms. The Morgan fingerprint density at radius 3 is 2.90 bits per heavy atom. The second-order valence-electron chi connectivity index (χ2n) is 2.39. The fraction of sp³-hybridized carbons (Fsp3) is 0.444. The van der Waals surface area contributed by atoms with E-state index in [1.807, 2.05) is 18.5 Å². The van der Waals surface area contributed by atoms with Crippen molar-refractivity contribution in [3.63, 3.8) is 0 Å². The van der Waals surface area contributed by atoms with Crippen LogP contribution in [-0.4, -0.2) is 6.21 Å². The third-order valence-electron chi connectivity index (χ3n) is 1.48. The van der Waals surface area contributed by atoms with Crippen molar-refractivity contribution in [2.45, 2.75) is 25.7 Å². The molecule has 10 heavy (non-hydrogen) atoms. The molecule has 0 aromatic rings. The van der Waals surface area contributed by atoms with Gasteiger partial charge in [0.15, 0.2) is 0 Å². The molecule has 0 N–H and O–H groups in total. The molecule has 0 atom stereocenters. The molecule has 0 radical (unpaired) electrons. The summed E-state index contributed by atoms with van der Waals surface area (Å²) in [6.07, 6.45) is 14.9. The van der Waals surface area contributed by atoms with Crippen LogP contribution in [0.2, 0.25) is 0 Å².